The summed E-state index contributed by atoms with van der Waals surface area (Å²) in [5, 5.41) is 0. The van der Waals surface area contributed by atoms with E-state index in [1.54, 1.807) is 42.9 Å². The van der Waals surface area contributed by atoms with Gasteiger partial charge < -0.3 is 15.4 Å². The number of aromatic nitrogens is 1. The molecule has 9 nitrogen and oxygen atoms in total. The zero-order valence-electron chi connectivity index (χ0n) is 17.9. The molecule has 1 aromatic carbocycles. The lowest BCUT2D eigenvalue weighted by molar-refractivity contribution is 0.0376. The van der Waals surface area contributed by atoms with Gasteiger partial charge in [0.15, 0.2) is 0 Å². The molecular formula is C22H28N6O3S. The summed E-state index contributed by atoms with van der Waals surface area (Å²) in [7, 11) is -3.57. The maximum Gasteiger partial charge on any atom is 0.240 e. The Kier molecular flexibility index (Phi) is 7.15. The maximum atomic E-state index is 12.7. The quantitative estimate of drug-likeness (QED) is 0.575. The highest BCUT2D eigenvalue weighted by atomic mass is 32.2. The molecule has 4 rings (SSSR count). The van der Waals surface area contributed by atoms with Crippen LogP contribution in [0.5, 0.6) is 0 Å². The maximum absolute atomic E-state index is 12.7. The van der Waals surface area contributed by atoms with E-state index in [-0.39, 0.29) is 4.90 Å². The van der Waals surface area contributed by atoms with Crippen molar-refractivity contribution in [2.45, 2.75) is 11.3 Å². The van der Waals surface area contributed by atoms with Crippen molar-refractivity contribution in [3.05, 3.63) is 60.6 Å². The zero-order chi connectivity index (χ0) is 22.4. The van der Waals surface area contributed by atoms with Crippen molar-refractivity contribution in [3.8, 4) is 0 Å². The van der Waals surface area contributed by atoms with Gasteiger partial charge in [-0.25, -0.2) is 18.1 Å². The predicted molar refractivity (Wildman–Crippen MR) is 125 cm³/mol. The summed E-state index contributed by atoms with van der Waals surface area (Å²) in [6.07, 6.45) is 5.91. The van der Waals surface area contributed by atoms with Crippen molar-refractivity contribution >= 4 is 27.2 Å². The van der Waals surface area contributed by atoms with Gasteiger partial charge in [0.05, 0.1) is 48.4 Å². The van der Waals surface area contributed by atoms with Crippen LogP contribution in [0.15, 0.2) is 64.9 Å². The average molecular weight is 457 g/mol. The van der Waals surface area contributed by atoms with Gasteiger partial charge in [0, 0.05) is 25.8 Å². The number of hydrogen-bond acceptors (Lipinski definition) is 8. The topological polar surface area (TPSA) is 113 Å². The van der Waals surface area contributed by atoms with Gasteiger partial charge in [-0.15, -0.1) is 0 Å². The molecule has 10 heteroatoms. The Morgan fingerprint density at radius 3 is 2.62 bits per heavy atom. The molecule has 2 aliphatic rings. The van der Waals surface area contributed by atoms with Crippen LogP contribution in [0.3, 0.4) is 0 Å². The first-order valence-electron chi connectivity index (χ1n) is 10.6. The molecule has 170 valence electrons. The van der Waals surface area contributed by atoms with E-state index in [1.165, 1.54) is 0 Å². The fourth-order valence-corrected chi connectivity index (χ4v) is 4.77. The van der Waals surface area contributed by atoms with Crippen molar-refractivity contribution in [1.29, 1.82) is 0 Å². The number of pyridine rings is 1. The third-order valence-electron chi connectivity index (χ3n) is 5.43. The van der Waals surface area contributed by atoms with Gasteiger partial charge in [0.25, 0.3) is 0 Å². The van der Waals surface area contributed by atoms with Gasteiger partial charge in [0.1, 0.15) is 5.84 Å². The summed E-state index contributed by atoms with van der Waals surface area (Å²) in [4.78, 5) is 13.0. The molecule has 2 aromatic rings. The molecule has 0 amide bonds. The number of ether oxygens (including phenoxy) is 1. The van der Waals surface area contributed by atoms with Crippen LogP contribution >= 0.6 is 0 Å². The minimum atomic E-state index is -3.57. The molecule has 3 heterocycles. The van der Waals surface area contributed by atoms with Gasteiger partial charge >= 0.3 is 0 Å². The number of rotatable bonds is 8. The van der Waals surface area contributed by atoms with Crippen molar-refractivity contribution < 1.29 is 13.2 Å². The standard InChI is InChI=1S/C22H28N6O3S/c23-22-17-28(19-3-1-8-24-15-19)21(16-25-22)18-4-6-20(7-5-18)32(29,30)26-9-2-10-27-11-13-31-14-12-27/h1,3-8,15-16,26H,2,9-14,17H2,(H2,23,25). The van der Waals surface area contributed by atoms with Gasteiger partial charge in [-0.1, -0.05) is 12.1 Å². The normalized spacial score (nSPS) is 17.7. The second-order valence-corrected chi connectivity index (χ2v) is 9.43. The molecule has 0 atom stereocenters. The minimum Gasteiger partial charge on any atom is -0.386 e. The Morgan fingerprint density at radius 1 is 1.12 bits per heavy atom. The van der Waals surface area contributed by atoms with Crippen LogP contribution in [0.1, 0.15) is 12.0 Å². The summed E-state index contributed by atoms with van der Waals surface area (Å²) >= 11 is 0. The molecular weight excluding hydrogens is 428 g/mol. The second-order valence-electron chi connectivity index (χ2n) is 7.66. The van der Waals surface area contributed by atoms with E-state index in [9.17, 15) is 8.42 Å². The number of anilines is 1. The lowest BCUT2D eigenvalue weighted by Gasteiger charge is -2.29. The Bertz CT molecular complexity index is 1060. The summed E-state index contributed by atoms with van der Waals surface area (Å²) in [5.41, 5.74) is 8.49. The molecule has 32 heavy (non-hydrogen) atoms. The second kappa shape index (κ2) is 10.2. The number of hydrogen-bond donors (Lipinski definition) is 2. The highest BCUT2D eigenvalue weighted by molar-refractivity contribution is 7.89. The number of amidine groups is 1. The number of nitrogens with one attached hydrogen (secondary N) is 1. The van der Waals surface area contributed by atoms with Crippen molar-refractivity contribution in [2.75, 3.05) is 50.8 Å². The molecule has 2 aliphatic heterocycles. The van der Waals surface area contributed by atoms with E-state index in [1.807, 2.05) is 17.0 Å². The first kappa shape index (κ1) is 22.4. The minimum absolute atomic E-state index is 0.236. The zero-order valence-corrected chi connectivity index (χ0v) is 18.7. The number of benzene rings is 1. The Balaban J connectivity index is 1.41. The Hall–Kier alpha value is -2.79. The summed E-state index contributed by atoms with van der Waals surface area (Å²) in [5.74, 6) is 0.498. The first-order valence-corrected chi connectivity index (χ1v) is 12.1. The fourth-order valence-electron chi connectivity index (χ4n) is 3.70. The van der Waals surface area contributed by atoms with E-state index in [4.69, 9.17) is 10.5 Å². The van der Waals surface area contributed by atoms with Crippen LogP contribution < -0.4 is 15.4 Å². The van der Waals surface area contributed by atoms with Crippen LogP contribution in [0.25, 0.3) is 5.70 Å². The monoisotopic (exact) mass is 456 g/mol. The van der Waals surface area contributed by atoms with Crippen LogP contribution in [-0.4, -0.2) is 70.1 Å². The lowest BCUT2D eigenvalue weighted by atomic mass is 10.1. The van der Waals surface area contributed by atoms with Gasteiger partial charge in [-0.2, -0.15) is 0 Å². The highest BCUT2D eigenvalue weighted by Gasteiger charge is 2.20. The fraction of sp³-hybridized carbons (Fsp3) is 0.364. The van der Waals surface area contributed by atoms with Crippen LogP contribution in [0, 0.1) is 0 Å². The van der Waals surface area contributed by atoms with Crippen molar-refractivity contribution in [2.24, 2.45) is 10.7 Å². The largest absolute Gasteiger partial charge is 0.386 e. The van der Waals surface area contributed by atoms with Crippen molar-refractivity contribution in [3.63, 3.8) is 0 Å². The molecule has 3 N–H and O–H groups in total. The number of nitrogens with two attached hydrogens (primary N) is 1. The lowest BCUT2D eigenvalue weighted by Crippen LogP contribution is -2.38. The van der Waals surface area contributed by atoms with Crippen LogP contribution in [0.4, 0.5) is 5.69 Å². The van der Waals surface area contributed by atoms with E-state index >= 15 is 0 Å². The predicted octanol–water partition coefficient (Wildman–Crippen LogP) is 1.26. The molecule has 0 aliphatic carbocycles. The van der Waals surface area contributed by atoms with E-state index in [2.05, 4.69) is 19.6 Å². The Labute approximate surface area is 188 Å². The third kappa shape index (κ3) is 5.52. The SMILES string of the molecule is NC1=NC=C(c2ccc(S(=O)(=O)NCCCN3CCOCC3)cc2)N(c2cccnc2)C1. The van der Waals surface area contributed by atoms with Gasteiger partial charge in [-0.3, -0.25) is 9.88 Å². The molecule has 1 aromatic heterocycles. The van der Waals surface area contributed by atoms with E-state index in [0.29, 0.717) is 18.9 Å². The number of nitrogens with zero attached hydrogens (tertiary/aromatic N) is 4. The first-order chi connectivity index (χ1) is 15.5. The average Bonchev–Trinajstić information content (AvgIpc) is 2.83. The van der Waals surface area contributed by atoms with E-state index < -0.39 is 10.0 Å². The molecule has 1 fully saturated rings. The number of morpholine rings is 1. The number of aliphatic imine (C=N–C) groups is 1. The summed E-state index contributed by atoms with van der Waals surface area (Å²) < 4.78 is 33.4. The smallest absolute Gasteiger partial charge is 0.240 e. The van der Waals surface area contributed by atoms with Crippen LogP contribution in [-0.2, 0) is 14.8 Å². The molecule has 0 saturated carbocycles. The van der Waals surface area contributed by atoms with Crippen LogP contribution in [0.2, 0.25) is 0 Å². The van der Waals surface area contributed by atoms with Gasteiger partial charge in [-0.05, 0) is 42.8 Å². The summed E-state index contributed by atoms with van der Waals surface area (Å²) in [6, 6.07) is 10.6. The van der Waals surface area contributed by atoms with E-state index in [0.717, 1.165) is 56.2 Å². The molecule has 0 bridgehead atoms. The molecule has 0 unspecified atom stereocenters. The number of sulfonamides is 1. The summed E-state index contributed by atoms with van der Waals surface area (Å²) in [6.45, 7) is 4.96. The molecule has 0 spiro atoms. The van der Waals surface area contributed by atoms with Gasteiger partial charge in [0.2, 0.25) is 10.0 Å². The third-order valence-corrected chi connectivity index (χ3v) is 6.91. The molecule has 0 radical (unpaired) electrons. The molecule has 1 saturated heterocycles. The Morgan fingerprint density at radius 2 is 1.91 bits per heavy atom. The highest BCUT2D eigenvalue weighted by Crippen LogP contribution is 2.28. The van der Waals surface area contributed by atoms with Crippen molar-refractivity contribution in [1.82, 2.24) is 14.6 Å².